The zero-order valence-electron chi connectivity index (χ0n) is 13.2. The Labute approximate surface area is 138 Å². The van der Waals surface area contributed by atoms with E-state index in [9.17, 15) is 4.79 Å². The first-order valence-corrected chi connectivity index (χ1v) is 7.67. The lowest BCUT2D eigenvalue weighted by molar-refractivity contribution is 0.100. The molecule has 1 amide bonds. The van der Waals surface area contributed by atoms with Gasteiger partial charge in [0.05, 0.1) is 17.1 Å². The summed E-state index contributed by atoms with van der Waals surface area (Å²) in [6.07, 6.45) is 1.91. The van der Waals surface area contributed by atoms with Gasteiger partial charge in [-0.3, -0.25) is 4.79 Å². The number of nitrogens with two attached hydrogens (primary N) is 1. The second-order valence-corrected chi connectivity index (χ2v) is 5.74. The molecule has 5 heteroatoms. The van der Waals surface area contributed by atoms with Crippen LogP contribution in [0.2, 0.25) is 0 Å². The summed E-state index contributed by atoms with van der Waals surface area (Å²) in [7, 11) is 0. The number of aromatic amines is 1. The van der Waals surface area contributed by atoms with Gasteiger partial charge in [0.15, 0.2) is 0 Å². The monoisotopic (exact) mass is 316 g/mol. The molecular formula is C19H16N4O. The molecule has 0 spiro atoms. The number of H-pyrrole nitrogens is 1. The Morgan fingerprint density at radius 1 is 1.12 bits per heavy atom. The molecule has 2 heterocycles. The third-order valence-electron chi connectivity index (χ3n) is 4.08. The molecule has 5 nitrogen and oxygen atoms in total. The number of rotatable bonds is 3. The van der Waals surface area contributed by atoms with Crippen LogP contribution in [-0.4, -0.2) is 20.7 Å². The molecule has 3 N–H and O–H groups in total. The third-order valence-corrected chi connectivity index (χ3v) is 4.08. The predicted octanol–water partition coefficient (Wildman–Crippen LogP) is 3.43. The largest absolute Gasteiger partial charge is 0.366 e. The molecule has 24 heavy (non-hydrogen) atoms. The number of nitrogens with zero attached hydrogens (tertiary/aromatic N) is 2. The van der Waals surface area contributed by atoms with Crippen LogP contribution in [-0.2, 0) is 0 Å². The first-order chi connectivity index (χ1) is 11.6. The number of amides is 1. The van der Waals surface area contributed by atoms with Gasteiger partial charge in [-0.25, -0.2) is 4.68 Å². The molecule has 0 fully saturated rings. The van der Waals surface area contributed by atoms with E-state index in [0.29, 0.717) is 5.56 Å². The summed E-state index contributed by atoms with van der Waals surface area (Å²) in [5.41, 5.74) is 10.5. The average molecular weight is 316 g/mol. The van der Waals surface area contributed by atoms with Crippen molar-refractivity contribution in [1.29, 1.82) is 0 Å². The molecule has 0 unspecified atom stereocenters. The molecule has 0 saturated carbocycles. The van der Waals surface area contributed by atoms with Gasteiger partial charge in [0.25, 0.3) is 0 Å². The summed E-state index contributed by atoms with van der Waals surface area (Å²) in [5.74, 6) is -0.447. The van der Waals surface area contributed by atoms with E-state index in [1.807, 2.05) is 60.3 Å². The SMILES string of the molecule is Cc1cc(-c2ccccc2C(N)=O)n(-c2ccc3[nH]ccc3c2)n1. The summed E-state index contributed by atoms with van der Waals surface area (Å²) < 4.78 is 1.85. The highest BCUT2D eigenvalue weighted by atomic mass is 16.1. The molecule has 0 aliphatic heterocycles. The van der Waals surface area contributed by atoms with E-state index in [4.69, 9.17) is 5.73 Å². The Kier molecular flexibility index (Phi) is 3.20. The molecule has 0 radical (unpaired) electrons. The minimum Gasteiger partial charge on any atom is -0.366 e. The van der Waals surface area contributed by atoms with Gasteiger partial charge in [0.1, 0.15) is 0 Å². The van der Waals surface area contributed by atoms with Crippen molar-refractivity contribution < 1.29 is 4.79 Å². The van der Waals surface area contributed by atoms with Crippen LogP contribution >= 0.6 is 0 Å². The fourth-order valence-electron chi connectivity index (χ4n) is 2.98. The molecular weight excluding hydrogens is 300 g/mol. The summed E-state index contributed by atoms with van der Waals surface area (Å²) in [4.78, 5) is 15.0. The molecule has 0 aliphatic carbocycles. The highest BCUT2D eigenvalue weighted by Crippen LogP contribution is 2.28. The lowest BCUT2D eigenvalue weighted by Crippen LogP contribution is -2.13. The van der Waals surface area contributed by atoms with Gasteiger partial charge in [-0.15, -0.1) is 0 Å². The summed E-state index contributed by atoms with van der Waals surface area (Å²) in [5, 5.41) is 5.71. The highest BCUT2D eigenvalue weighted by molar-refractivity contribution is 5.99. The van der Waals surface area contributed by atoms with Crippen LogP contribution in [0.5, 0.6) is 0 Å². The van der Waals surface area contributed by atoms with Crippen LogP contribution in [0, 0.1) is 6.92 Å². The second kappa shape index (κ2) is 5.38. The van der Waals surface area contributed by atoms with Crippen LogP contribution in [0.15, 0.2) is 60.8 Å². The van der Waals surface area contributed by atoms with Crippen molar-refractivity contribution in [2.75, 3.05) is 0 Å². The topological polar surface area (TPSA) is 76.7 Å². The maximum absolute atomic E-state index is 11.8. The first-order valence-electron chi connectivity index (χ1n) is 7.67. The number of hydrogen-bond acceptors (Lipinski definition) is 2. The lowest BCUT2D eigenvalue weighted by Gasteiger charge is -2.10. The van der Waals surface area contributed by atoms with Crippen molar-refractivity contribution in [2.45, 2.75) is 6.92 Å². The molecule has 0 bridgehead atoms. The van der Waals surface area contributed by atoms with Crippen molar-refractivity contribution in [1.82, 2.24) is 14.8 Å². The Balaban J connectivity index is 1.94. The van der Waals surface area contributed by atoms with E-state index in [0.717, 1.165) is 33.5 Å². The molecule has 0 saturated heterocycles. The predicted molar refractivity (Wildman–Crippen MR) is 94.1 cm³/mol. The fraction of sp³-hybridized carbons (Fsp3) is 0.0526. The maximum Gasteiger partial charge on any atom is 0.249 e. The number of fused-ring (bicyclic) bond motifs is 1. The summed E-state index contributed by atoms with van der Waals surface area (Å²) in [6, 6.07) is 17.4. The minimum absolute atomic E-state index is 0.447. The number of carbonyl (C=O) groups excluding carboxylic acids is 1. The summed E-state index contributed by atoms with van der Waals surface area (Å²) in [6.45, 7) is 1.93. The average Bonchev–Trinajstić information content (AvgIpc) is 3.20. The van der Waals surface area contributed by atoms with E-state index in [1.165, 1.54) is 0 Å². The zero-order chi connectivity index (χ0) is 16.7. The Morgan fingerprint density at radius 2 is 1.96 bits per heavy atom. The highest BCUT2D eigenvalue weighted by Gasteiger charge is 2.16. The standard InChI is InChI=1S/C19H16N4O/c1-12-10-18(15-4-2-3-5-16(15)19(20)24)23(22-12)14-6-7-17-13(11-14)8-9-21-17/h2-11,21H,1H3,(H2,20,24). The third kappa shape index (κ3) is 2.27. The molecule has 0 aliphatic rings. The van der Waals surface area contributed by atoms with E-state index < -0.39 is 5.91 Å². The van der Waals surface area contributed by atoms with E-state index in [-0.39, 0.29) is 0 Å². The van der Waals surface area contributed by atoms with Gasteiger partial charge in [-0.2, -0.15) is 5.10 Å². The van der Waals surface area contributed by atoms with Gasteiger partial charge < -0.3 is 10.7 Å². The van der Waals surface area contributed by atoms with Gasteiger partial charge in [0.2, 0.25) is 5.91 Å². The van der Waals surface area contributed by atoms with Crippen molar-refractivity contribution in [2.24, 2.45) is 5.73 Å². The van der Waals surface area contributed by atoms with Crippen LogP contribution < -0.4 is 5.73 Å². The molecule has 4 rings (SSSR count). The smallest absolute Gasteiger partial charge is 0.249 e. The van der Waals surface area contributed by atoms with Crippen molar-refractivity contribution in [3.63, 3.8) is 0 Å². The number of hydrogen-bond donors (Lipinski definition) is 2. The minimum atomic E-state index is -0.447. The Bertz CT molecular complexity index is 1060. The van der Waals surface area contributed by atoms with Gasteiger partial charge >= 0.3 is 0 Å². The van der Waals surface area contributed by atoms with E-state index in [1.54, 1.807) is 6.07 Å². The van der Waals surface area contributed by atoms with Crippen molar-refractivity contribution in [3.05, 3.63) is 72.1 Å². The maximum atomic E-state index is 11.8. The number of primary amides is 1. The van der Waals surface area contributed by atoms with Gasteiger partial charge in [-0.05, 0) is 43.3 Å². The molecule has 4 aromatic rings. The molecule has 0 atom stereocenters. The van der Waals surface area contributed by atoms with Crippen LogP contribution in [0.25, 0.3) is 27.8 Å². The van der Waals surface area contributed by atoms with Gasteiger partial charge in [0, 0.05) is 28.2 Å². The lowest BCUT2D eigenvalue weighted by atomic mass is 10.0. The van der Waals surface area contributed by atoms with E-state index in [2.05, 4.69) is 16.1 Å². The fourth-order valence-corrected chi connectivity index (χ4v) is 2.98. The Hall–Kier alpha value is -3.34. The molecule has 2 aromatic carbocycles. The Morgan fingerprint density at radius 3 is 2.79 bits per heavy atom. The van der Waals surface area contributed by atoms with Crippen LogP contribution in [0.1, 0.15) is 16.1 Å². The van der Waals surface area contributed by atoms with E-state index >= 15 is 0 Å². The second-order valence-electron chi connectivity index (χ2n) is 5.74. The number of benzene rings is 2. The van der Waals surface area contributed by atoms with Gasteiger partial charge in [-0.1, -0.05) is 18.2 Å². The summed E-state index contributed by atoms with van der Waals surface area (Å²) >= 11 is 0. The van der Waals surface area contributed by atoms with Crippen molar-refractivity contribution in [3.8, 4) is 16.9 Å². The number of carbonyl (C=O) groups is 1. The normalized spacial score (nSPS) is 11.0. The first kappa shape index (κ1) is 14.3. The number of aryl methyl sites for hydroxylation is 1. The zero-order valence-corrected chi connectivity index (χ0v) is 13.2. The number of nitrogens with one attached hydrogen (secondary N) is 1. The molecule has 118 valence electrons. The van der Waals surface area contributed by atoms with Crippen LogP contribution in [0.4, 0.5) is 0 Å². The quantitative estimate of drug-likeness (QED) is 0.607. The van der Waals surface area contributed by atoms with Crippen LogP contribution in [0.3, 0.4) is 0 Å². The molecule has 2 aromatic heterocycles. The van der Waals surface area contributed by atoms with Crippen molar-refractivity contribution >= 4 is 16.8 Å². The number of aromatic nitrogens is 3.